The van der Waals surface area contributed by atoms with Crippen LogP contribution in [0, 0.1) is 21.3 Å². The summed E-state index contributed by atoms with van der Waals surface area (Å²) in [6.07, 6.45) is 0. The summed E-state index contributed by atoms with van der Waals surface area (Å²) < 4.78 is 0. The van der Waals surface area contributed by atoms with Crippen molar-refractivity contribution in [2.24, 2.45) is 10.2 Å². The minimum absolute atomic E-state index is 0.554. The predicted molar refractivity (Wildman–Crippen MR) is 59.4 cm³/mol. The highest BCUT2D eigenvalue weighted by Gasteiger charge is 2.22. The lowest BCUT2D eigenvalue weighted by Gasteiger charge is -2.17. The Labute approximate surface area is 92.8 Å². The van der Waals surface area contributed by atoms with Gasteiger partial charge in [0.1, 0.15) is 20.5 Å². The van der Waals surface area contributed by atoms with Gasteiger partial charge in [0.2, 0.25) is 0 Å². The third-order valence-corrected chi connectivity index (χ3v) is 2.47. The summed E-state index contributed by atoms with van der Waals surface area (Å²) in [5.74, 6) is 0. The number of thiocyanates is 2. The Bertz CT molecular complexity index is 265. The minimum atomic E-state index is -0.554. The van der Waals surface area contributed by atoms with Gasteiger partial charge >= 0.3 is 0 Å². The zero-order valence-electron chi connectivity index (χ0n) is 8.61. The molecule has 0 saturated carbocycles. The van der Waals surface area contributed by atoms with Gasteiger partial charge in [-0.05, 0) is 51.2 Å². The third-order valence-electron chi connectivity index (χ3n) is 1.12. The molecular weight excluding hydrogens is 216 g/mol. The molecule has 4 nitrogen and oxygen atoms in total. The number of nitrogens with zero attached hydrogens (tertiary/aromatic N) is 4. The molecule has 0 fully saturated rings. The van der Waals surface area contributed by atoms with Crippen LogP contribution in [0.25, 0.3) is 0 Å². The van der Waals surface area contributed by atoms with E-state index in [1.807, 2.05) is 10.8 Å². The third kappa shape index (κ3) is 5.85. The molecule has 0 radical (unpaired) electrons. The largest absolute Gasteiger partial charge is 0.185 e. The normalized spacial score (nSPS) is 12.4. The molecule has 0 aromatic carbocycles. The van der Waals surface area contributed by atoms with E-state index in [0.29, 0.717) is 0 Å². The van der Waals surface area contributed by atoms with Crippen LogP contribution in [0.5, 0.6) is 0 Å². The number of thioether (sulfide) groups is 2. The summed E-state index contributed by atoms with van der Waals surface area (Å²) in [5, 5.41) is 29.0. The zero-order valence-corrected chi connectivity index (χ0v) is 10.2. The molecule has 0 N–H and O–H groups in total. The fraction of sp³-hybridized carbons (Fsp3) is 0.750. The van der Waals surface area contributed by atoms with Gasteiger partial charge in [0.05, 0.1) is 0 Å². The molecule has 0 aromatic rings. The quantitative estimate of drug-likeness (QED) is 0.546. The van der Waals surface area contributed by atoms with E-state index in [2.05, 4.69) is 10.2 Å². The molecule has 0 atom stereocenters. The fourth-order valence-electron chi connectivity index (χ4n) is 0.505. The number of azo groups is 1. The fourth-order valence-corrected chi connectivity index (χ4v) is 1.12. The molecule has 0 unspecified atom stereocenters. The SMILES string of the molecule is CC(C)(/N=N/C(C)(C)SC#N)SC#N. The van der Waals surface area contributed by atoms with Crippen molar-refractivity contribution in [2.75, 3.05) is 0 Å². The van der Waals surface area contributed by atoms with Crippen molar-refractivity contribution in [3.8, 4) is 10.8 Å². The van der Waals surface area contributed by atoms with Crippen LogP contribution in [0.3, 0.4) is 0 Å². The first-order valence-corrected chi connectivity index (χ1v) is 5.54. The Morgan fingerprint density at radius 1 is 0.857 bits per heavy atom. The first-order chi connectivity index (χ1) is 6.33. The van der Waals surface area contributed by atoms with Gasteiger partial charge in [-0.15, -0.1) is 0 Å². The first kappa shape index (κ1) is 13.3. The minimum Gasteiger partial charge on any atom is -0.185 e. The van der Waals surface area contributed by atoms with E-state index in [4.69, 9.17) is 10.5 Å². The molecule has 0 saturated heterocycles. The number of hydrogen-bond acceptors (Lipinski definition) is 6. The van der Waals surface area contributed by atoms with Gasteiger partial charge in [0.25, 0.3) is 0 Å². The molecule has 6 heteroatoms. The second-order valence-electron chi connectivity index (χ2n) is 3.48. The van der Waals surface area contributed by atoms with Gasteiger partial charge in [-0.3, -0.25) is 0 Å². The summed E-state index contributed by atoms with van der Waals surface area (Å²) >= 11 is 2.09. The highest BCUT2D eigenvalue weighted by Crippen LogP contribution is 2.30. The summed E-state index contributed by atoms with van der Waals surface area (Å²) in [6, 6.07) is 0. The van der Waals surface area contributed by atoms with Crippen molar-refractivity contribution >= 4 is 23.5 Å². The molecule has 0 aliphatic carbocycles. The molecular formula is C8H12N4S2. The molecule has 0 aliphatic rings. The Kier molecular flexibility index (Phi) is 4.96. The van der Waals surface area contributed by atoms with Crippen LogP contribution >= 0.6 is 23.5 Å². The Morgan fingerprint density at radius 2 is 1.14 bits per heavy atom. The lowest BCUT2D eigenvalue weighted by atomic mass is 10.4. The van der Waals surface area contributed by atoms with Gasteiger partial charge in [-0.2, -0.15) is 20.8 Å². The van der Waals surface area contributed by atoms with Crippen LogP contribution in [-0.2, 0) is 0 Å². The van der Waals surface area contributed by atoms with Crippen molar-refractivity contribution < 1.29 is 0 Å². The van der Waals surface area contributed by atoms with Crippen LogP contribution in [0.15, 0.2) is 10.2 Å². The zero-order chi connectivity index (χ0) is 11.2. The molecule has 0 aromatic heterocycles. The molecule has 0 aliphatic heterocycles. The second kappa shape index (κ2) is 5.23. The van der Waals surface area contributed by atoms with E-state index < -0.39 is 9.74 Å². The maximum absolute atomic E-state index is 8.49. The van der Waals surface area contributed by atoms with E-state index in [9.17, 15) is 0 Å². The topological polar surface area (TPSA) is 72.3 Å². The summed E-state index contributed by atoms with van der Waals surface area (Å²) in [7, 11) is 0. The summed E-state index contributed by atoms with van der Waals surface area (Å²) in [6.45, 7) is 7.21. The molecule has 76 valence electrons. The van der Waals surface area contributed by atoms with Crippen molar-refractivity contribution in [1.82, 2.24) is 0 Å². The van der Waals surface area contributed by atoms with Crippen molar-refractivity contribution in [1.29, 1.82) is 10.5 Å². The average Bonchev–Trinajstić information content (AvgIpc) is 2.01. The Balaban J connectivity index is 4.45. The van der Waals surface area contributed by atoms with Gasteiger partial charge < -0.3 is 0 Å². The van der Waals surface area contributed by atoms with Gasteiger partial charge in [-0.1, -0.05) is 0 Å². The van der Waals surface area contributed by atoms with Crippen molar-refractivity contribution in [2.45, 2.75) is 37.4 Å². The maximum atomic E-state index is 8.49. The van der Waals surface area contributed by atoms with Crippen LogP contribution in [0.2, 0.25) is 0 Å². The predicted octanol–water partition coefficient (Wildman–Crippen LogP) is 3.34. The highest BCUT2D eigenvalue weighted by molar-refractivity contribution is 8.05. The maximum Gasteiger partial charge on any atom is 0.135 e. The van der Waals surface area contributed by atoms with Gasteiger partial charge in [0, 0.05) is 0 Å². The molecule has 0 heterocycles. The number of rotatable bonds is 4. The van der Waals surface area contributed by atoms with E-state index >= 15 is 0 Å². The molecule has 0 rings (SSSR count). The van der Waals surface area contributed by atoms with E-state index in [0.717, 1.165) is 23.5 Å². The summed E-state index contributed by atoms with van der Waals surface area (Å²) in [5.41, 5.74) is 0. The first-order valence-electron chi connectivity index (χ1n) is 3.91. The van der Waals surface area contributed by atoms with Gasteiger partial charge in [0.15, 0.2) is 0 Å². The Hall–Kier alpha value is -0.720. The van der Waals surface area contributed by atoms with Crippen LogP contribution in [0.4, 0.5) is 0 Å². The lowest BCUT2D eigenvalue weighted by Crippen LogP contribution is -2.14. The Morgan fingerprint density at radius 3 is 1.36 bits per heavy atom. The average molecular weight is 228 g/mol. The highest BCUT2D eigenvalue weighted by atomic mass is 32.2. The second-order valence-corrected chi connectivity index (χ2v) is 6.25. The number of nitriles is 2. The number of hydrogen-bond donors (Lipinski definition) is 0. The smallest absolute Gasteiger partial charge is 0.135 e. The molecule has 14 heavy (non-hydrogen) atoms. The molecule has 0 bridgehead atoms. The molecule has 0 spiro atoms. The van der Waals surface area contributed by atoms with Crippen molar-refractivity contribution in [3.63, 3.8) is 0 Å². The van der Waals surface area contributed by atoms with Crippen molar-refractivity contribution in [3.05, 3.63) is 0 Å². The van der Waals surface area contributed by atoms with Gasteiger partial charge in [-0.25, -0.2) is 0 Å². The standard InChI is InChI=1S/C8H12N4S2/c1-7(2,13-5-9)11-12-8(3,4)14-6-10/h1-4H3/b12-11+. The van der Waals surface area contributed by atoms with Crippen LogP contribution in [-0.4, -0.2) is 9.74 Å². The lowest BCUT2D eigenvalue weighted by molar-refractivity contribution is 0.617. The summed E-state index contributed by atoms with van der Waals surface area (Å²) in [4.78, 5) is -1.11. The van der Waals surface area contributed by atoms with Crippen LogP contribution < -0.4 is 0 Å². The van der Waals surface area contributed by atoms with E-state index in [1.165, 1.54) is 0 Å². The molecule has 0 amide bonds. The van der Waals surface area contributed by atoms with E-state index in [1.54, 1.807) is 27.7 Å². The van der Waals surface area contributed by atoms with Crippen LogP contribution in [0.1, 0.15) is 27.7 Å². The van der Waals surface area contributed by atoms with E-state index in [-0.39, 0.29) is 0 Å². The monoisotopic (exact) mass is 228 g/mol.